The Balaban J connectivity index is 2.43. The van der Waals surface area contributed by atoms with Crippen molar-refractivity contribution in [3.05, 3.63) is 27.7 Å². The Bertz CT molecular complexity index is 663. The molecule has 0 saturated heterocycles. The van der Waals surface area contributed by atoms with Crippen molar-refractivity contribution >= 4 is 45.3 Å². The number of benzene rings is 1. The molecular weight excluding hydrogens is 378 g/mol. The fraction of sp³-hybridized carbons (Fsp3) is 0.308. The average Bonchev–Trinajstić information content (AvgIpc) is 2.83. The molecule has 112 valence electrons. The van der Waals surface area contributed by atoms with Crippen LogP contribution in [0.3, 0.4) is 0 Å². The second-order valence-corrected chi connectivity index (χ2v) is 6.42. The van der Waals surface area contributed by atoms with Crippen molar-refractivity contribution in [3.8, 4) is 11.4 Å². The summed E-state index contributed by atoms with van der Waals surface area (Å²) in [6, 6.07) is 5.60. The van der Waals surface area contributed by atoms with Crippen LogP contribution in [-0.2, 0) is 11.3 Å². The highest BCUT2D eigenvalue weighted by atomic mass is 79.9. The van der Waals surface area contributed by atoms with Crippen molar-refractivity contribution in [2.45, 2.75) is 25.0 Å². The van der Waals surface area contributed by atoms with Gasteiger partial charge in [0.15, 0.2) is 11.0 Å². The van der Waals surface area contributed by atoms with Crippen molar-refractivity contribution in [1.29, 1.82) is 0 Å². The maximum Gasteiger partial charge on any atom is 0.313 e. The Kier molecular flexibility index (Phi) is 5.66. The predicted octanol–water partition coefficient (Wildman–Crippen LogP) is 3.95. The number of thioether (sulfide) groups is 1. The van der Waals surface area contributed by atoms with Crippen LogP contribution in [0, 0.1) is 0 Å². The summed E-state index contributed by atoms with van der Waals surface area (Å²) >= 11 is 10.9. The summed E-state index contributed by atoms with van der Waals surface area (Å²) in [6.45, 7) is 2.74. The molecule has 0 aliphatic heterocycles. The van der Waals surface area contributed by atoms with Gasteiger partial charge in [-0.3, -0.25) is 4.79 Å². The van der Waals surface area contributed by atoms with E-state index in [2.05, 4.69) is 26.1 Å². The van der Waals surface area contributed by atoms with Crippen LogP contribution in [0.15, 0.2) is 27.8 Å². The maximum absolute atomic E-state index is 10.7. The van der Waals surface area contributed by atoms with Crippen molar-refractivity contribution in [2.75, 3.05) is 5.75 Å². The maximum atomic E-state index is 10.7. The first-order valence-corrected chi connectivity index (χ1v) is 8.42. The van der Waals surface area contributed by atoms with E-state index in [0.29, 0.717) is 22.5 Å². The van der Waals surface area contributed by atoms with Crippen LogP contribution in [0.1, 0.15) is 13.3 Å². The van der Waals surface area contributed by atoms with Crippen LogP contribution < -0.4 is 0 Å². The zero-order chi connectivity index (χ0) is 15.4. The zero-order valence-electron chi connectivity index (χ0n) is 11.2. The van der Waals surface area contributed by atoms with Crippen LogP contribution in [0.4, 0.5) is 0 Å². The van der Waals surface area contributed by atoms with Gasteiger partial charge in [-0.1, -0.05) is 36.4 Å². The van der Waals surface area contributed by atoms with E-state index in [1.807, 2.05) is 29.7 Å². The fourth-order valence-electron chi connectivity index (χ4n) is 1.82. The van der Waals surface area contributed by atoms with Gasteiger partial charge < -0.3 is 9.67 Å². The van der Waals surface area contributed by atoms with E-state index in [4.69, 9.17) is 16.7 Å². The Hall–Kier alpha value is -1.05. The molecule has 1 heterocycles. The normalized spacial score (nSPS) is 10.8. The number of halogens is 2. The molecule has 0 unspecified atom stereocenters. The van der Waals surface area contributed by atoms with Gasteiger partial charge in [-0.05, 0) is 34.5 Å². The SMILES string of the molecule is CCCn1c(SCC(=O)O)nnc1-c1cccc(Br)c1Cl. The molecule has 0 fully saturated rings. The number of rotatable bonds is 6. The lowest BCUT2D eigenvalue weighted by Crippen LogP contribution is -2.04. The van der Waals surface area contributed by atoms with Crippen LogP contribution in [0.2, 0.25) is 5.02 Å². The summed E-state index contributed by atoms with van der Waals surface area (Å²) in [5.41, 5.74) is 0.772. The van der Waals surface area contributed by atoms with Gasteiger partial charge in [0, 0.05) is 16.6 Å². The van der Waals surface area contributed by atoms with Crippen molar-refractivity contribution in [2.24, 2.45) is 0 Å². The van der Waals surface area contributed by atoms with E-state index in [-0.39, 0.29) is 5.75 Å². The number of carbonyl (C=O) groups is 1. The van der Waals surface area contributed by atoms with E-state index < -0.39 is 5.97 Å². The summed E-state index contributed by atoms with van der Waals surface area (Å²) in [7, 11) is 0. The second-order valence-electron chi connectivity index (χ2n) is 4.24. The molecule has 0 aliphatic rings. The number of carboxylic acid groups (broad SMARTS) is 1. The molecule has 1 N–H and O–H groups in total. The van der Waals surface area contributed by atoms with Crippen LogP contribution in [0.25, 0.3) is 11.4 Å². The molecular formula is C13H13BrClN3O2S. The van der Waals surface area contributed by atoms with Gasteiger partial charge in [0.05, 0.1) is 10.8 Å². The molecule has 8 heteroatoms. The van der Waals surface area contributed by atoms with Crippen molar-refractivity contribution in [3.63, 3.8) is 0 Å². The molecule has 0 saturated carbocycles. The number of carboxylic acids is 1. The zero-order valence-corrected chi connectivity index (χ0v) is 14.4. The van der Waals surface area contributed by atoms with Gasteiger partial charge in [-0.15, -0.1) is 10.2 Å². The van der Waals surface area contributed by atoms with Gasteiger partial charge in [-0.2, -0.15) is 0 Å². The van der Waals surface area contributed by atoms with Gasteiger partial charge in [0.25, 0.3) is 0 Å². The monoisotopic (exact) mass is 389 g/mol. The largest absolute Gasteiger partial charge is 0.481 e. The lowest BCUT2D eigenvalue weighted by molar-refractivity contribution is -0.133. The Morgan fingerprint density at radius 1 is 1.48 bits per heavy atom. The summed E-state index contributed by atoms with van der Waals surface area (Å²) in [6.07, 6.45) is 0.886. The van der Waals surface area contributed by atoms with E-state index in [0.717, 1.165) is 28.2 Å². The fourth-order valence-corrected chi connectivity index (χ4v) is 3.08. The summed E-state index contributed by atoms with van der Waals surface area (Å²) in [5.74, 6) is -0.280. The smallest absolute Gasteiger partial charge is 0.313 e. The van der Waals surface area contributed by atoms with Crippen LogP contribution in [0.5, 0.6) is 0 Å². The molecule has 0 spiro atoms. The van der Waals surface area contributed by atoms with E-state index >= 15 is 0 Å². The van der Waals surface area contributed by atoms with Gasteiger partial charge in [0.1, 0.15) is 0 Å². The van der Waals surface area contributed by atoms with Gasteiger partial charge in [-0.25, -0.2) is 0 Å². The van der Waals surface area contributed by atoms with E-state index in [1.165, 1.54) is 0 Å². The minimum atomic E-state index is -0.881. The third-order valence-corrected chi connectivity index (χ3v) is 4.93. The minimum absolute atomic E-state index is 0.0476. The van der Waals surface area contributed by atoms with Gasteiger partial charge >= 0.3 is 5.97 Å². The first-order valence-electron chi connectivity index (χ1n) is 6.26. The van der Waals surface area contributed by atoms with Crippen LogP contribution in [-0.4, -0.2) is 31.6 Å². The second kappa shape index (κ2) is 7.29. The van der Waals surface area contributed by atoms with E-state index in [9.17, 15) is 4.79 Å². The Morgan fingerprint density at radius 3 is 2.90 bits per heavy atom. The van der Waals surface area contributed by atoms with E-state index in [1.54, 1.807) is 0 Å². The third-order valence-electron chi connectivity index (χ3n) is 2.68. The lowest BCUT2D eigenvalue weighted by atomic mass is 10.2. The quantitative estimate of drug-likeness (QED) is 0.756. The molecule has 21 heavy (non-hydrogen) atoms. The van der Waals surface area contributed by atoms with Crippen molar-refractivity contribution < 1.29 is 9.90 Å². The lowest BCUT2D eigenvalue weighted by Gasteiger charge is -2.10. The molecule has 0 aliphatic carbocycles. The minimum Gasteiger partial charge on any atom is -0.481 e. The highest BCUT2D eigenvalue weighted by Crippen LogP contribution is 2.34. The molecule has 0 radical (unpaired) electrons. The molecule has 0 amide bonds. The molecule has 1 aromatic carbocycles. The predicted molar refractivity (Wildman–Crippen MR) is 86.8 cm³/mol. The standard InChI is InChI=1S/C13H13BrClN3O2S/c1-2-6-18-12(8-4-3-5-9(14)11(8)15)16-17-13(18)21-7-10(19)20/h3-5H,2,6-7H2,1H3,(H,19,20). The first kappa shape index (κ1) is 16.3. The number of nitrogens with zero attached hydrogens (tertiary/aromatic N) is 3. The topological polar surface area (TPSA) is 68.0 Å². The number of aromatic nitrogens is 3. The summed E-state index contributed by atoms with van der Waals surface area (Å²) in [4.78, 5) is 10.7. The van der Waals surface area contributed by atoms with Gasteiger partial charge in [0.2, 0.25) is 0 Å². The molecule has 0 bridgehead atoms. The molecule has 2 rings (SSSR count). The Morgan fingerprint density at radius 2 is 2.24 bits per heavy atom. The summed E-state index contributed by atoms with van der Waals surface area (Å²) in [5, 5.41) is 18.2. The number of aliphatic carboxylic acids is 1. The Labute approximate surface area is 139 Å². The van der Waals surface area contributed by atoms with Crippen molar-refractivity contribution in [1.82, 2.24) is 14.8 Å². The first-order chi connectivity index (χ1) is 10.0. The highest BCUT2D eigenvalue weighted by Gasteiger charge is 2.17. The average molecular weight is 391 g/mol. The highest BCUT2D eigenvalue weighted by molar-refractivity contribution is 9.10. The molecule has 1 aromatic heterocycles. The molecule has 2 aromatic rings. The number of hydrogen-bond acceptors (Lipinski definition) is 4. The molecule has 5 nitrogen and oxygen atoms in total. The summed E-state index contributed by atoms with van der Waals surface area (Å²) < 4.78 is 2.69. The molecule has 0 atom stereocenters. The third kappa shape index (κ3) is 3.78. The number of hydrogen-bond donors (Lipinski definition) is 1. The van der Waals surface area contributed by atoms with Crippen LogP contribution >= 0.6 is 39.3 Å².